The SMILES string of the molecule is C=CCCCCC(=C)C(=O)OC1=NCCO1. The van der Waals surface area contributed by atoms with Gasteiger partial charge >= 0.3 is 12.1 Å². The molecule has 0 aromatic heterocycles. The van der Waals surface area contributed by atoms with Gasteiger partial charge in [-0.15, -0.1) is 6.58 Å². The molecule has 1 aliphatic heterocycles. The van der Waals surface area contributed by atoms with E-state index in [1.54, 1.807) is 0 Å². The van der Waals surface area contributed by atoms with Gasteiger partial charge in [-0.1, -0.05) is 12.7 Å². The fourth-order valence-corrected chi connectivity index (χ4v) is 1.26. The van der Waals surface area contributed by atoms with Crippen LogP contribution in [0, 0.1) is 0 Å². The Morgan fingerprint density at radius 2 is 2.38 bits per heavy atom. The van der Waals surface area contributed by atoms with Crippen LogP contribution in [0.5, 0.6) is 0 Å². The molecule has 0 saturated carbocycles. The van der Waals surface area contributed by atoms with E-state index in [1.807, 2.05) is 6.08 Å². The van der Waals surface area contributed by atoms with Gasteiger partial charge in [-0.25, -0.2) is 9.79 Å². The number of allylic oxidation sites excluding steroid dienone is 1. The second kappa shape index (κ2) is 6.82. The molecule has 0 saturated heterocycles. The number of hydrogen-bond acceptors (Lipinski definition) is 4. The Balaban J connectivity index is 2.19. The second-order valence-corrected chi connectivity index (χ2v) is 3.52. The standard InChI is InChI=1S/C12H17NO3/c1-3-4-5-6-7-10(2)11(14)16-12-13-8-9-15-12/h3H,1-2,4-9H2. The summed E-state index contributed by atoms with van der Waals surface area (Å²) in [5.41, 5.74) is 0.460. The summed E-state index contributed by atoms with van der Waals surface area (Å²) in [5, 5.41) is 0. The third-order valence-electron chi connectivity index (χ3n) is 2.16. The van der Waals surface area contributed by atoms with Crippen molar-refractivity contribution in [2.45, 2.75) is 25.7 Å². The average molecular weight is 223 g/mol. The molecule has 88 valence electrons. The molecule has 0 amide bonds. The third kappa shape index (κ3) is 4.29. The van der Waals surface area contributed by atoms with E-state index in [-0.39, 0.29) is 6.08 Å². The van der Waals surface area contributed by atoms with E-state index in [4.69, 9.17) is 9.47 Å². The highest BCUT2D eigenvalue weighted by molar-refractivity contribution is 5.95. The van der Waals surface area contributed by atoms with Crippen molar-refractivity contribution in [3.63, 3.8) is 0 Å². The molecule has 4 nitrogen and oxygen atoms in total. The quantitative estimate of drug-likeness (QED) is 0.300. The minimum atomic E-state index is -0.445. The van der Waals surface area contributed by atoms with E-state index in [2.05, 4.69) is 18.2 Å². The lowest BCUT2D eigenvalue weighted by Crippen LogP contribution is -2.14. The second-order valence-electron chi connectivity index (χ2n) is 3.52. The van der Waals surface area contributed by atoms with Gasteiger partial charge in [0.1, 0.15) is 6.61 Å². The molecule has 0 aromatic carbocycles. The van der Waals surface area contributed by atoms with E-state index in [9.17, 15) is 4.79 Å². The van der Waals surface area contributed by atoms with Crippen LogP contribution in [0.1, 0.15) is 25.7 Å². The number of ether oxygens (including phenoxy) is 2. The van der Waals surface area contributed by atoms with E-state index < -0.39 is 5.97 Å². The molecule has 1 rings (SSSR count). The average Bonchev–Trinajstić information content (AvgIpc) is 2.76. The van der Waals surface area contributed by atoms with Crippen molar-refractivity contribution in [3.8, 4) is 0 Å². The Bertz CT molecular complexity index is 307. The molecule has 0 radical (unpaired) electrons. The minimum absolute atomic E-state index is 0.0669. The largest absolute Gasteiger partial charge is 0.448 e. The maximum Gasteiger partial charge on any atom is 0.391 e. The summed E-state index contributed by atoms with van der Waals surface area (Å²) in [4.78, 5) is 15.3. The van der Waals surface area contributed by atoms with E-state index in [0.717, 1.165) is 19.3 Å². The molecule has 0 spiro atoms. The zero-order valence-corrected chi connectivity index (χ0v) is 9.41. The summed E-state index contributed by atoms with van der Waals surface area (Å²) >= 11 is 0. The molecule has 4 heteroatoms. The van der Waals surface area contributed by atoms with Crippen molar-refractivity contribution in [2.75, 3.05) is 13.2 Å². The number of carbonyl (C=O) groups excluding carboxylic acids is 1. The summed E-state index contributed by atoms with van der Waals surface area (Å²) < 4.78 is 9.87. The van der Waals surface area contributed by atoms with Crippen LogP contribution in [-0.4, -0.2) is 25.2 Å². The van der Waals surface area contributed by atoms with Gasteiger partial charge in [0.2, 0.25) is 0 Å². The molecular formula is C12H17NO3. The molecule has 0 atom stereocenters. The predicted molar refractivity (Wildman–Crippen MR) is 62.2 cm³/mol. The lowest BCUT2D eigenvalue weighted by Gasteiger charge is -2.05. The summed E-state index contributed by atoms with van der Waals surface area (Å²) in [6.45, 7) is 8.35. The van der Waals surface area contributed by atoms with Crippen molar-refractivity contribution >= 4 is 12.1 Å². The van der Waals surface area contributed by atoms with Crippen molar-refractivity contribution in [3.05, 3.63) is 24.8 Å². The smallest absolute Gasteiger partial charge is 0.391 e. The highest BCUT2D eigenvalue weighted by Crippen LogP contribution is 2.10. The van der Waals surface area contributed by atoms with Crippen molar-refractivity contribution < 1.29 is 14.3 Å². The zero-order chi connectivity index (χ0) is 11.8. The number of aliphatic imine (C=N–C) groups is 1. The van der Waals surface area contributed by atoms with Gasteiger partial charge in [0.25, 0.3) is 0 Å². The maximum absolute atomic E-state index is 11.5. The predicted octanol–water partition coefficient (Wildman–Crippen LogP) is 2.22. The van der Waals surface area contributed by atoms with Crippen molar-refractivity contribution in [1.82, 2.24) is 0 Å². The highest BCUT2D eigenvalue weighted by atomic mass is 16.7. The highest BCUT2D eigenvalue weighted by Gasteiger charge is 2.16. The summed E-state index contributed by atoms with van der Waals surface area (Å²) in [5.74, 6) is -0.445. The fourth-order valence-electron chi connectivity index (χ4n) is 1.26. The first-order valence-electron chi connectivity index (χ1n) is 5.42. The molecule has 0 unspecified atom stereocenters. The molecule has 0 aromatic rings. The van der Waals surface area contributed by atoms with Crippen molar-refractivity contribution in [2.24, 2.45) is 4.99 Å². The van der Waals surface area contributed by atoms with Gasteiger partial charge in [-0.3, -0.25) is 0 Å². The number of hydrogen-bond donors (Lipinski definition) is 0. The first kappa shape index (κ1) is 12.5. The Kier molecular flexibility index (Phi) is 5.32. The van der Waals surface area contributed by atoms with Crippen LogP contribution in [0.3, 0.4) is 0 Å². The fraction of sp³-hybridized carbons (Fsp3) is 0.500. The maximum atomic E-state index is 11.5. The van der Waals surface area contributed by atoms with Gasteiger partial charge in [-0.2, -0.15) is 0 Å². The van der Waals surface area contributed by atoms with Gasteiger partial charge < -0.3 is 9.47 Å². The Morgan fingerprint density at radius 3 is 3.00 bits per heavy atom. The molecule has 0 bridgehead atoms. The number of unbranched alkanes of at least 4 members (excludes halogenated alkanes) is 2. The number of nitrogens with zero attached hydrogens (tertiary/aromatic N) is 1. The van der Waals surface area contributed by atoms with Crippen LogP contribution in [-0.2, 0) is 14.3 Å². The first-order valence-corrected chi connectivity index (χ1v) is 5.42. The van der Waals surface area contributed by atoms with Crippen LogP contribution in [0.15, 0.2) is 29.8 Å². The lowest BCUT2D eigenvalue weighted by atomic mass is 10.1. The summed E-state index contributed by atoms with van der Waals surface area (Å²) in [7, 11) is 0. The molecule has 1 heterocycles. The van der Waals surface area contributed by atoms with Crippen LogP contribution in [0.25, 0.3) is 0 Å². The number of carbonyl (C=O) groups is 1. The van der Waals surface area contributed by atoms with Gasteiger partial charge in [0.15, 0.2) is 0 Å². The molecular weight excluding hydrogens is 206 g/mol. The third-order valence-corrected chi connectivity index (χ3v) is 2.16. The van der Waals surface area contributed by atoms with Crippen LogP contribution < -0.4 is 0 Å². The summed E-state index contributed by atoms with van der Waals surface area (Å²) in [6.07, 6.45) is 5.44. The van der Waals surface area contributed by atoms with E-state index >= 15 is 0 Å². The Morgan fingerprint density at radius 1 is 1.56 bits per heavy atom. The zero-order valence-electron chi connectivity index (χ0n) is 9.41. The van der Waals surface area contributed by atoms with Gasteiger partial charge in [0.05, 0.1) is 6.54 Å². The minimum Gasteiger partial charge on any atom is -0.448 e. The Hall–Kier alpha value is -1.58. The molecule has 16 heavy (non-hydrogen) atoms. The molecule has 0 fully saturated rings. The van der Waals surface area contributed by atoms with Crippen LogP contribution in [0.2, 0.25) is 0 Å². The van der Waals surface area contributed by atoms with E-state index in [0.29, 0.717) is 25.1 Å². The molecule has 0 N–H and O–H groups in total. The number of rotatable bonds is 6. The first-order chi connectivity index (χ1) is 7.74. The van der Waals surface area contributed by atoms with Crippen molar-refractivity contribution in [1.29, 1.82) is 0 Å². The van der Waals surface area contributed by atoms with Gasteiger partial charge in [0, 0.05) is 5.57 Å². The monoisotopic (exact) mass is 223 g/mol. The normalized spacial score (nSPS) is 13.9. The molecule has 1 aliphatic rings. The van der Waals surface area contributed by atoms with Crippen LogP contribution in [0.4, 0.5) is 0 Å². The Labute approximate surface area is 95.7 Å². The topological polar surface area (TPSA) is 47.9 Å². The molecule has 0 aliphatic carbocycles. The lowest BCUT2D eigenvalue weighted by molar-refractivity contribution is -0.132. The van der Waals surface area contributed by atoms with Crippen LogP contribution >= 0.6 is 0 Å². The van der Waals surface area contributed by atoms with E-state index in [1.165, 1.54) is 0 Å². The summed E-state index contributed by atoms with van der Waals surface area (Å²) in [6, 6.07) is 0. The van der Waals surface area contributed by atoms with Gasteiger partial charge in [-0.05, 0) is 25.7 Å². The number of esters is 1.